The topological polar surface area (TPSA) is 75.3 Å². The van der Waals surface area contributed by atoms with Crippen molar-refractivity contribution in [1.82, 2.24) is 0 Å². The third-order valence-electron chi connectivity index (χ3n) is 4.74. The van der Waals surface area contributed by atoms with E-state index in [4.69, 9.17) is 11.6 Å². The molecule has 5 nitrogen and oxygen atoms in total. The van der Waals surface area contributed by atoms with Gasteiger partial charge in [-0.25, -0.2) is 8.42 Å². The molecule has 3 aromatic carbocycles. The summed E-state index contributed by atoms with van der Waals surface area (Å²) in [6.07, 6.45) is -4.69. The van der Waals surface area contributed by atoms with E-state index in [1.165, 1.54) is 24.3 Å². The number of amides is 1. The first kappa shape index (κ1) is 24.6. The summed E-state index contributed by atoms with van der Waals surface area (Å²) in [4.78, 5) is 12.5. The molecule has 0 spiro atoms. The maximum absolute atomic E-state index is 13.1. The van der Waals surface area contributed by atoms with Crippen LogP contribution in [0.1, 0.15) is 32.6 Å². The summed E-state index contributed by atoms with van der Waals surface area (Å²) in [5.41, 5.74) is 1.26. The number of sulfonamides is 1. The average Bonchev–Trinajstić information content (AvgIpc) is 2.67. The van der Waals surface area contributed by atoms with Crippen molar-refractivity contribution in [3.05, 3.63) is 87.4 Å². The average molecular weight is 497 g/mol. The van der Waals surface area contributed by atoms with Gasteiger partial charge in [-0.05, 0) is 79.9 Å². The fraction of sp³-hybridized carbons (Fsp3) is 0.174. The first-order valence-electron chi connectivity index (χ1n) is 9.66. The van der Waals surface area contributed by atoms with Crippen LogP contribution in [0.15, 0.2) is 59.5 Å². The van der Waals surface area contributed by atoms with E-state index in [1.807, 2.05) is 19.9 Å². The van der Waals surface area contributed by atoms with Gasteiger partial charge in [-0.15, -0.1) is 0 Å². The van der Waals surface area contributed by atoms with Crippen LogP contribution < -0.4 is 10.0 Å². The Labute approximate surface area is 194 Å². The van der Waals surface area contributed by atoms with Crippen LogP contribution in [0.2, 0.25) is 5.02 Å². The number of rotatable bonds is 5. The molecule has 33 heavy (non-hydrogen) atoms. The number of aryl methyl sites for hydroxylation is 3. The van der Waals surface area contributed by atoms with Crippen molar-refractivity contribution in [1.29, 1.82) is 0 Å². The summed E-state index contributed by atoms with van der Waals surface area (Å²) in [5.74, 6) is -0.770. The highest BCUT2D eigenvalue weighted by molar-refractivity contribution is 7.92. The Hall–Kier alpha value is -3.04. The van der Waals surface area contributed by atoms with Crippen molar-refractivity contribution in [3.8, 4) is 0 Å². The largest absolute Gasteiger partial charge is 0.417 e. The fourth-order valence-electron chi connectivity index (χ4n) is 3.30. The van der Waals surface area contributed by atoms with Gasteiger partial charge >= 0.3 is 6.18 Å². The standard InChI is InChI=1S/C23H20ClF3N2O3S/c1-13-8-14(2)10-18(9-13)29-33(31,32)21-11-16(5-4-15(21)3)22(30)28-17-6-7-20(24)19(12-17)23(25,26)27/h4-12,29H,1-3H3,(H,28,30). The second-order valence-corrected chi connectivity index (χ2v) is 9.67. The molecular formula is C23H20ClF3N2O3S. The van der Waals surface area contributed by atoms with Gasteiger partial charge in [0.1, 0.15) is 0 Å². The van der Waals surface area contributed by atoms with Gasteiger partial charge in [0, 0.05) is 16.9 Å². The Morgan fingerprint density at radius 3 is 2.12 bits per heavy atom. The SMILES string of the molecule is Cc1cc(C)cc(NS(=O)(=O)c2cc(C(=O)Nc3ccc(Cl)c(C(F)(F)F)c3)ccc2C)c1. The summed E-state index contributed by atoms with van der Waals surface area (Å²) in [7, 11) is -4.03. The van der Waals surface area contributed by atoms with Crippen LogP contribution >= 0.6 is 11.6 Å². The smallest absolute Gasteiger partial charge is 0.322 e. The Kier molecular flexibility index (Phi) is 6.76. The number of halogens is 4. The fourth-order valence-corrected chi connectivity index (χ4v) is 4.83. The highest BCUT2D eigenvalue weighted by Gasteiger charge is 2.33. The van der Waals surface area contributed by atoms with Gasteiger partial charge in [-0.1, -0.05) is 23.7 Å². The van der Waals surface area contributed by atoms with E-state index < -0.39 is 32.7 Å². The van der Waals surface area contributed by atoms with E-state index in [-0.39, 0.29) is 16.1 Å². The number of nitrogens with one attached hydrogen (secondary N) is 2. The molecule has 10 heteroatoms. The van der Waals surface area contributed by atoms with Crippen LogP contribution in [-0.4, -0.2) is 14.3 Å². The summed E-state index contributed by atoms with van der Waals surface area (Å²) in [6, 6.07) is 12.2. The molecule has 2 N–H and O–H groups in total. The number of benzene rings is 3. The number of carbonyl (C=O) groups is 1. The van der Waals surface area contributed by atoms with Gasteiger partial charge in [0.25, 0.3) is 15.9 Å². The van der Waals surface area contributed by atoms with E-state index in [2.05, 4.69) is 10.0 Å². The van der Waals surface area contributed by atoms with Gasteiger partial charge in [-0.3, -0.25) is 9.52 Å². The van der Waals surface area contributed by atoms with E-state index in [9.17, 15) is 26.4 Å². The van der Waals surface area contributed by atoms with Crippen molar-refractivity contribution in [2.24, 2.45) is 0 Å². The normalized spacial score (nSPS) is 11.8. The van der Waals surface area contributed by atoms with E-state index >= 15 is 0 Å². The molecular weight excluding hydrogens is 477 g/mol. The van der Waals surface area contributed by atoms with Crippen LogP contribution in [0.25, 0.3) is 0 Å². The zero-order valence-corrected chi connectivity index (χ0v) is 19.4. The van der Waals surface area contributed by atoms with Crippen LogP contribution in [0.3, 0.4) is 0 Å². The molecule has 0 radical (unpaired) electrons. The molecule has 0 atom stereocenters. The monoisotopic (exact) mass is 496 g/mol. The summed E-state index contributed by atoms with van der Waals surface area (Å²) < 4.78 is 67.7. The molecule has 0 aromatic heterocycles. The van der Waals surface area contributed by atoms with Crippen LogP contribution in [0.5, 0.6) is 0 Å². The number of alkyl halides is 3. The summed E-state index contributed by atoms with van der Waals surface area (Å²) in [5, 5.41) is 1.85. The van der Waals surface area contributed by atoms with Crippen molar-refractivity contribution >= 4 is 38.9 Å². The van der Waals surface area contributed by atoms with Gasteiger partial charge in [0.2, 0.25) is 0 Å². The van der Waals surface area contributed by atoms with Crippen LogP contribution in [0, 0.1) is 20.8 Å². The molecule has 3 aromatic rings. The summed E-state index contributed by atoms with van der Waals surface area (Å²) in [6.45, 7) is 5.25. The van der Waals surface area contributed by atoms with E-state index in [0.29, 0.717) is 17.3 Å². The molecule has 0 heterocycles. The number of hydrogen-bond acceptors (Lipinski definition) is 3. The third kappa shape index (κ3) is 5.85. The zero-order valence-electron chi connectivity index (χ0n) is 17.8. The molecule has 0 aliphatic carbocycles. The molecule has 174 valence electrons. The van der Waals surface area contributed by atoms with E-state index in [1.54, 1.807) is 19.1 Å². The van der Waals surface area contributed by atoms with Crippen molar-refractivity contribution in [2.45, 2.75) is 31.8 Å². The second kappa shape index (κ2) is 9.07. The maximum Gasteiger partial charge on any atom is 0.417 e. The molecule has 0 saturated heterocycles. The highest BCUT2D eigenvalue weighted by atomic mass is 35.5. The first-order valence-corrected chi connectivity index (χ1v) is 11.5. The number of carbonyl (C=O) groups excluding carboxylic acids is 1. The maximum atomic E-state index is 13.1. The van der Waals surface area contributed by atoms with Crippen molar-refractivity contribution in [2.75, 3.05) is 10.0 Å². The lowest BCUT2D eigenvalue weighted by Gasteiger charge is -2.14. The Morgan fingerprint density at radius 1 is 0.879 bits per heavy atom. The minimum Gasteiger partial charge on any atom is -0.322 e. The number of anilines is 2. The van der Waals surface area contributed by atoms with Gasteiger partial charge in [0.15, 0.2) is 0 Å². The molecule has 0 fully saturated rings. The quantitative estimate of drug-likeness (QED) is 0.433. The van der Waals surface area contributed by atoms with Gasteiger partial charge in [0.05, 0.1) is 15.5 Å². The predicted octanol–water partition coefficient (Wildman–Crippen LogP) is 6.34. The predicted molar refractivity (Wildman–Crippen MR) is 122 cm³/mol. The second-order valence-electron chi connectivity index (χ2n) is 7.61. The van der Waals surface area contributed by atoms with E-state index in [0.717, 1.165) is 17.2 Å². The molecule has 0 bridgehead atoms. The Bertz CT molecular complexity index is 1320. The molecule has 0 saturated carbocycles. The number of hydrogen-bond donors (Lipinski definition) is 2. The molecule has 0 aliphatic heterocycles. The lowest BCUT2D eigenvalue weighted by molar-refractivity contribution is -0.137. The minimum absolute atomic E-state index is 0.0371. The lowest BCUT2D eigenvalue weighted by atomic mass is 10.1. The third-order valence-corrected chi connectivity index (χ3v) is 6.60. The van der Waals surface area contributed by atoms with Crippen molar-refractivity contribution in [3.63, 3.8) is 0 Å². The van der Waals surface area contributed by atoms with Crippen LogP contribution in [-0.2, 0) is 16.2 Å². The molecule has 3 rings (SSSR count). The highest BCUT2D eigenvalue weighted by Crippen LogP contribution is 2.36. The van der Waals surface area contributed by atoms with Gasteiger partial charge in [-0.2, -0.15) is 13.2 Å². The summed E-state index contributed by atoms with van der Waals surface area (Å²) >= 11 is 5.60. The molecule has 1 amide bonds. The van der Waals surface area contributed by atoms with Crippen LogP contribution in [0.4, 0.5) is 24.5 Å². The molecule has 0 aliphatic rings. The Morgan fingerprint density at radius 2 is 1.52 bits per heavy atom. The first-order chi connectivity index (χ1) is 15.3. The molecule has 0 unspecified atom stereocenters. The van der Waals surface area contributed by atoms with Gasteiger partial charge < -0.3 is 5.32 Å². The zero-order chi connectivity index (χ0) is 24.6. The lowest BCUT2D eigenvalue weighted by Crippen LogP contribution is -2.17. The minimum atomic E-state index is -4.69. The van der Waals surface area contributed by atoms with Crippen molar-refractivity contribution < 1.29 is 26.4 Å². The Balaban J connectivity index is 1.90.